The molecule has 2 heterocycles. The fourth-order valence-corrected chi connectivity index (χ4v) is 1.29. The minimum Gasteiger partial charge on any atom is -0.464 e. The Hall–Kier alpha value is -2.04. The van der Waals surface area contributed by atoms with Gasteiger partial charge in [0.25, 0.3) is 0 Å². The summed E-state index contributed by atoms with van der Waals surface area (Å²) in [5.74, 6) is 0.571. The number of likely N-dealkylation sites (N-methyl/N-ethyl adjacent to an activating group) is 1. The molecule has 0 aliphatic rings. The number of hydrogen-bond acceptors (Lipinski definition) is 4. The third-order valence-electron chi connectivity index (χ3n) is 2.08. The van der Waals surface area contributed by atoms with Gasteiger partial charge in [-0.25, -0.2) is 4.98 Å². The van der Waals surface area contributed by atoms with Crippen LogP contribution in [0.25, 0.3) is 11.0 Å². The van der Waals surface area contributed by atoms with Gasteiger partial charge in [0.05, 0.1) is 18.2 Å². The molecule has 0 saturated carbocycles. The molecule has 0 unspecified atom stereocenters. The highest BCUT2D eigenvalue weighted by Crippen LogP contribution is 2.21. The number of hydrogen-bond donors (Lipinski definition) is 2. The fraction of sp³-hybridized carbons (Fsp3) is 0.200. The molecule has 0 fully saturated rings. The zero-order chi connectivity index (χ0) is 10.7. The Morgan fingerprint density at radius 3 is 3.20 bits per heavy atom. The van der Waals surface area contributed by atoms with Crippen LogP contribution < -0.4 is 10.6 Å². The molecule has 2 N–H and O–H groups in total. The number of pyridine rings is 1. The number of carbonyl (C=O) groups is 1. The summed E-state index contributed by atoms with van der Waals surface area (Å²) in [6.07, 6.45) is 3.23. The van der Waals surface area contributed by atoms with Gasteiger partial charge in [-0.15, -0.1) is 0 Å². The zero-order valence-electron chi connectivity index (χ0n) is 8.28. The smallest absolute Gasteiger partial charge is 0.239 e. The molecule has 2 rings (SSSR count). The van der Waals surface area contributed by atoms with Crippen LogP contribution in [-0.4, -0.2) is 24.5 Å². The molecular weight excluding hydrogens is 194 g/mol. The Balaban J connectivity index is 2.20. The molecule has 0 aliphatic carbocycles. The second-order valence-corrected chi connectivity index (χ2v) is 3.02. The number of carbonyl (C=O) groups excluding carboxylic acids is 1. The quantitative estimate of drug-likeness (QED) is 0.784. The third-order valence-corrected chi connectivity index (χ3v) is 2.08. The van der Waals surface area contributed by atoms with Crippen molar-refractivity contribution in [3.63, 3.8) is 0 Å². The molecule has 2 aromatic rings. The molecule has 5 heteroatoms. The number of anilines is 1. The largest absolute Gasteiger partial charge is 0.464 e. The average molecular weight is 205 g/mol. The SMILES string of the molecule is CNC(=O)CNc1nccc2occc12. The second kappa shape index (κ2) is 4.00. The molecule has 5 nitrogen and oxygen atoms in total. The van der Waals surface area contributed by atoms with Crippen molar-refractivity contribution in [2.45, 2.75) is 0 Å². The lowest BCUT2D eigenvalue weighted by atomic mass is 10.3. The number of amides is 1. The number of fused-ring (bicyclic) bond motifs is 1. The Bertz CT molecular complexity index is 478. The summed E-state index contributed by atoms with van der Waals surface area (Å²) in [6.45, 7) is 0.202. The van der Waals surface area contributed by atoms with Gasteiger partial charge in [-0.2, -0.15) is 0 Å². The van der Waals surface area contributed by atoms with Gasteiger partial charge in [-0.3, -0.25) is 4.79 Å². The monoisotopic (exact) mass is 205 g/mol. The van der Waals surface area contributed by atoms with Crippen molar-refractivity contribution in [2.75, 3.05) is 18.9 Å². The number of nitrogens with one attached hydrogen (secondary N) is 2. The molecule has 0 saturated heterocycles. The van der Waals surface area contributed by atoms with Crippen molar-refractivity contribution in [2.24, 2.45) is 0 Å². The van der Waals surface area contributed by atoms with Gasteiger partial charge in [0, 0.05) is 13.2 Å². The van der Waals surface area contributed by atoms with Gasteiger partial charge in [0.15, 0.2) is 0 Å². The molecule has 15 heavy (non-hydrogen) atoms. The van der Waals surface area contributed by atoms with Crippen LogP contribution in [0.15, 0.2) is 29.0 Å². The Morgan fingerprint density at radius 1 is 1.53 bits per heavy atom. The van der Waals surface area contributed by atoms with E-state index in [1.807, 2.05) is 6.07 Å². The summed E-state index contributed by atoms with van der Waals surface area (Å²) in [5.41, 5.74) is 0.754. The van der Waals surface area contributed by atoms with Crippen LogP contribution >= 0.6 is 0 Å². The highest BCUT2D eigenvalue weighted by atomic mass is 16.3. The first kappa shape index (κ1) is 9.51. The first-order valence-corrected chi connectivity index (χ1v) is 4.58. The van der Waals surface area contributed by atoms with E-state index in [-0.39, 0.29) is 12.5 Å². The molecule has 0 spiro atoms. The minimum absolute atomic E-state index is 0.0858. The maximum atomic E-state index is 11.0. The second-order valence-electron chi connectivity index (χ2n) is 3.02. The van der Waals surface area contributed by atoms with Gasteiger partial charge in [0.2, 0.25) is 5.91 Å². The van der Waals surface area contributed by atoms with Crippen molar-refractivity contribution in [3.8, 4) is 0 Å². The summed E-state index contributed by atoms with van der Waals surface area (Å²) >= 11 is 0. The lowest BCUT2D eigenvalue weighted by Crippen LogP contribution is -2.26. The van der Waals surface area contributed by atoms with E-state index in [1.165, 1.54) is 0 Å². The summed E-state index contributed by atoms with van der Waals surface area (Å²) in [4.78, 5) is 15.2. The molecule has 0 aromatic carbocycles. The van der Waals surface area contributed by atoms with Crippen LogP contribution in [0.1, 0.15) is 0 Å². The first-order chi connectivity index (χ1) is 7.31. The molecule has 2 aromatic heterocycles. The summed E-state index contributed by atoms with van der Waals surface area (Å²) in [5, 5.41) is 6.34. The lowest BCUT2D eigenvalue weighted by molar-refractivity contribution is -0.118. The highest BCUT2D eigenvalue weighted by molar-refractivity contribution is 5.90. The van der Waals surface area contributed by atoms with Crippen molar-refractivity contribution < 1.29 is 9.21 Å². The maximum absolute atomic E-state index is 11.0. The fourth-order valence-electron chi connectivity index (χ4n) is 1.29. The Labute approximate surface area is 86.5 Å². The van der Waals surface area contributed by atoms with Gasteiger partial charge >= 0.3 is 0 Å². The highest BCUT2D eigenvalue weighted by Gasteiger charge is 2.05. The van der Waals surface area contributed by atoms with Crippen molar-refractivity contribution in [1.82, 2.24) is 10.3 Å². The van der Waals surface area contributed by atoms with Crippen LogP contribution in [0, 0.1) is 0 Å². The van der Waals surface area contributed by atoms with Gasteiger partial charge in [-0.1, -0.05) is 0 Å². The topological polar surface area (TPSA) is 67.2 Å². The van der Waals surface area contributed by atoms with Crippen molar-refractivity contribution in [1.29, 1.82) is 0 Å². The Morgan fingerprint density at radius 2 is 2.40 bits per heavy atom. The normalized spacial score (nSPS) is 10.2. The molecule has 0 atom stereocenters. The minimum atomic E-state index is -0.0858. The molecule has 78 valence electrons. The van der Waals surface area contributed by atoms with Crippen molar-refractivity contribution in [3.05, 3.63) is 24.6 Å². The summed E-state index contributed by atoms with van der Waals surface area (Å²) in [7, 11) is 1.59. The molecular formula is C10H11N3O2. The first-order valence-electron chi connectivity index (χ1n) is 4.58. The van der Waals surface area contributed by atoms with E-state index in [1.54, 1.807) is 25.6 Å². The van der Waals surface area contributed by atoms with E-state index >= 15 is 0 Å². The third kappa shape index (κ3) is 1.90. The molecule has 0 radical (unpaired) electrons. The van der Waals surface area contributed by atoms with Crippen molar-refractivity contribution >= 4 is 22.7 Å². The van der Waals surface area contributed by atoms with Crippen LogP contribution in [0.5, 0.6) is 0 Å². The van der Waals surface area contributed by atoms with Gasteiger partial charge in [0.1, 0.15) is 11.4 Å². The van der Waals surface area contributed by atoms with E-state index in [0.29, 0.717) is 5.82 Å². The Kier molecular flexibility index (Phi) is 2.53. The van der Waals surface area contributed by atoms with E-state index in [0.717, 1.165) is 11.0 Å². The zero-order valence-corrected chi connectivity index (χ0v) is 8.28. The number of aromatic nitrogens is 1. The maximum Gasteiger partial charge on any atom is 0.239 e. The van der Waals surface area contributed by atoms with Crippen LogP contribution in [0.4, 0.5) is 5.82 Å². The average Bonchev–Trinajstić information content (AvgIpc) is 2.74. The number of rotatable bonds is 3. The number of nitrogens with zero attached hydrogens (tertiary/aromatic N) is 1. The van der Waals surface area contributed by atoms with E-state index < -0.39 is 0 Å². The number of furan rings is 1. The summed E-state index contributed by atoms with van der Waals surface area (Å²) in [6, 6.07) is 3.59. The van der Waals surface area contributed by atoms with Crippen LogP contribution in [0.3, 0.4) is 0 Å². The van der Waals surface area contributed by atoms with Crippen LogP contribution in [0.2, 0.25) is 0 Å². The lowest BCUT2D eigenvalue weighted by Gasteiger charge is -2.04. The summed E-state index contributed by atoms with van der Waals surface area (Å²) < 4.78 is 5.21. The van der Waals surface area contributed by atoms with E-state index in [4.69, 9.17) is 4.42 Å². The predicted octanol–water partition coefficient (Wildman–Crippen LogP) is 0.986. The van der Waals surface area contributed by atoms with Gasteiger partial charge in [-0.05, 0) is 12.1 Å². The standard InChI is InChI=1S/C10H11N3O2/c1-11-9(14)6-13-10-7-3-5-15-8(7)2-4-12-10/h2-5H,6H2,1H3,(H,11,14)(H,12,13). The molecule has 0 aliphatic heterocycles. The van der Waals surface area contributed by atoms with E-state index in [9.17, 15) is 4.79 Å². The predicted molar refractivity (Wildman–Crippen MR) is 56.6 cm³/mol. The molecule has 0 bridgehead atoms. The van der Waals surface area contributed by atoms with E-state index in [2.05, 4.69) is 15.6 Å². The van der Waals surface area contributed by atoms with Crippen LogP contribution in [-0.2, 0) is 4.79 Å². The molecule has 1 amide bonds. The van der Waals surface area contributed by atoms with Gasteiger partial charge < -0.3 is 15.1 Å².